The summed E-state index contributed by atoms with van der Waals surface area (Å²) in [6.07, 6.45) is 0. The fourth-order valence-electron chi connectivity index (χ4n) is 2.65. The van der Waals surface area contributed by atoms with Gasteiger partial charge in [-0.2, -0.15) is 0 Å². The van der Waals surface area contributed by atoms with Crippen molar-refractivity contribution in [2.45, 2.75) is 20.0 Å². The first-order chi connectivity index (χ1) is 9.97. The second-order valence-electron chi connectivity index (χ2n) is 5.30. The Morgan fingerprint density at radius 1 is 1.38 bits per heavy atom. The average Bonchev–Trinajstić information content (AvgIpc) is 2.77. The monoisotopic (exact) mass is 307 g/mol. The van der Waals surface area contributed by atoms with Crippen LogP contribution in [0, 0.1) is 5.82 Å². The number of benzene rings is 1. The molecule has 2 heterocycles. The van der Waals surface area contributed by atoms with E-state index in [0.29, 0.717) is 35.2 Å². The van der Waals surface area contributed by atoms with Crippen molar-refractivity contribution < 1.29 is 9.18 Å². The minimum absolute atomic E-state index is 0.102. The summed E-state index contributed by atoms with van der Waals surface area (Å²) in [6, 6.07) is 4.50. The van der Waals surface area contributed by atoms with E-state index in [4.69, 9.17) is 11.6 Å². The van der Waals surface area contributed by atoms with Gasteiger partial charge >= 0.3 is 0 Å². The number of hydrogen-bond donors (Lipinski definition) is 0. The van der Waals surface area contributed by atoms with Crippen molar-refractivity contribution in [2.24, 2.45) is 0 Å². The molecule has 1 aliphatic heterocycles. The summed E-state index contributed by atoms with van der Waals surface area (Å²) in [5.41, 5.74) is 1.64. The Balaban J connectivity index is 2.19. The summed E-state index contributed by atoms with van der Waals surface area (Å²) in [5.74, 6) is -0.0310. The van der Waals surface area contributed by atoms with Gasteiger partial charge in [-0.15, -0.1) is 0 Å². The largest absolute Gasteiger partial charge is 0.325 e. The smallest absolute Gasteiger partial charge is 0.180 e. The summed E-state index contributed by atoms with van der Waals surface area (Å²) >= 11 is 5.79. The first kappa shape index (κ1) is 14.2. The molecule has 0 fully saturated rings. The van der Waals surface area contributed by atoms with E-state index in [1.165, 1.54) is 13.0 Å². The second kappa shape index (κ2) is 5.24. The van der Waals surface area contributed by atoms with E-state index in [9.17, 15) is 9.18 Å². The van der Waals surface area contributed by atoms with Crippen LogP contribution in [0.2, 0.25) is 5.02 Å². The molecular formula is C15H15ClFN3O. The minimum atomic E-state index is -0.427. The molecule has 0 N–H and O–H groups in total. The number of ketones is 1. The molecule has 0 bridgehead atoms. The maximum atomic E-state index is 14.2. The number of nitrogens with zero attached hydrogens (tertiary/aromatic N) is 3. The van der Waals surface area contributed by atoms with Crippen LogP contribution in [-0.2, 0) is 13.1 Å². The van der Waals surface area contributed by atoms with Gasteiger partial charge in [-0.25, -0.2) is 9.37 Å². The summed E-state index contributed by atoms with van der Waals surface area (Å²) in [7, 11) is 1.99. The molecule has 110 valence electrons. The van der Waals surface area contributed by atoms with Crippen molar-refractivity contribution in [3.63, 3.8) is 0 Å². The number of carbonyl (C=O) groups excluding carboxylic acids is 1. The third-order valence-electron chi connectivity index (χ3n) is 3.70. The molecule has 0 atom stereocenters. The van der Waals surface area contributed by atoms with E-state index in [1.807, 2.05) is 11.6 Å². The molecule has 1 aromatic heterocycles. The van der Waals surface area contributed by atoms with Gasteiger partial charge < -0.3 is 4.57 Å². The van der Waals surface area contributed by atoms with Crippen LogP contribution in [0.15, 0.2) is 18.2 Å². The van der Waals surface area contributed by atoms with E-state index >= 15 is 0 Å². The third-order valence-corrected chi connectivity index (χ3v) is 3.94. The van der Waals surface area contributed by atoms with Crippen molar-refractivity contribution in [3.05, 3.63) is 40.4 Å². The van der Waals surface area contributed by atoms with Crippen LogP contribution >= 0.6 is 11.6 Å². The fourth-order valence-corrected chi connectivity index (χ4v) is 2.81. The number of likely N-dealkylation sites (N-methyl/N-ethyl adjacent to an activating group) is 1. The van der Waals surface area contributed by atoms with Crippen molar-refractivity contribution in [2.75, 3.05) is 13.6 Å². The lowest BCUT2D eigenvalue weighted by Crippen LogP contribution is -2.31. The number of carbonyl (C=O) groups is 1. The van der Waals surface area contributed by atoms with Crippen LogP contribution in [0.1, 0.15) is 23.1 Å². The Labute approximate surface area is 127 Å². The van der Waals surface area contributed by atoms with Gasteiger partial charge in [-0.1, -0.05) is 11.6 Å². The van der Waals surface area contributed by atoms with Crippen LogP contribution in [0.25, 0.3) is 11.4 Å². The standard InChI is InChI=1S/C15H15ClFN3O/c1-9(21)14-13-8-19(2)5-6-20(13)15(18-14)11-4-3-10(16)7-12(11)17/h3-4,7H,5-6,8H2,1-2H3. The van der Waals surface area contributed by atoms with Crippen molar-refractivity contribution in [3.8, 4) is 11.4 Å². The second-order valence-corrected chi connectivity index (χ2v) is 5.74. The molecule has 3 rings (SSSR count). The Hall–Kier alpha value is -1.72. The van der Waals surface area contributed by atoms with Crippen LogP contribution < -0.4 is 0 Å². The Morgan fingerprint density at radius 2 is 2.14 bits per heavy atom. The first-order valence-electron chi connectivity index (χ1n) is 6.71. The fraction of sp³-hybridized carbons (Fsp3) is 0.333. The SMILES string of the molecule is CC(=O)c1nc(-c2ccc(Cl)cc2F)n2c1CN(C)CC2. The van der Waals surface area contributed by atoms with E-state index in [0.717, 1.165) is 12.2 Å². The number of Topliss-reactive ketones (excluding diaryl/α,β-unsaturated/α-hetero) is 1. The van der Waals surface area contributed by atoms with Crippen LogP contribution in [0.5, 0.6) is 0 Å². The van der Waals surface area contributed by atoms with E-state index in [2.05, 4.69) is 9.88 Å². The molecule has 1 aromatic carbocycles. The molecule has 0 saturated heterocycles. The summed E-state index contributed by atoms with van der Waals surface area (Å²) in [5, 5.41) is 0.341. The zero-order valence-corrected chi connectivity index (χ0v) is 12.6. The van der Waals surface area contributed by atoms with Gasteiger partial charge in [0.05, 0.1) is 11.3 Å². The Kier molecular flexibility index (Phi) is 3.55. The number of rotatable bonds is 2. The maximum Gasteiger partial charge on any atom is 0.180 e. The topological polar surface area (TPSA) is 38.1 Å². The average molecular weight is 308 g/mol. The number of hydrogen-bond acceptors (Lipinski definition) is 3. The summed E-state index contributed by atoms with van der Waals surface area (Å²) in [4.78, 5) is 18.3. The maximum absolute atomic E-state index is 14.2. The minimum Gasteiger partial charge on any atom is -0.325 e. The molecule has 0 aliphatic carbocycles. The molecular weight excluding hydrogens is 293 g/mol. The van der Waals surface area contributed by atoms with Gasteiger partial charge in [0.1, 0.15) is 17.3 Å². The van der Waals surface area contributed by atoms with E-state index < -0.39 is 5.82 Å². The van der Waals surface area contributed by atoms with Gasteiger partial charge in [0.15, 0.2) is 5.78 Å². The lowest BCUT2D eigenvalue weighted by atomic mass is 10.2. The predicted octanol–water partition coefficient (Wildman–Crippen LogP) is 2.99. The van der Waals surface area contributed by atoms with Crippen molar-refractivity contribution in [1.29, 1.82) is 0 Å². The molecule has 1 aliphatic rings. The number of fused-ring (bicyclic) bond motifs is 1. The highest BCUT2D eigenvalue weighted by atomic mass is 35.5. The van der Waals surface area contributed by atoms with E-state index in [1.54, 1.807) is 12.1 Å². The van der Waals surface area contributed by atoms with Crippen LogP contribution in [0.4, 0.5) is 4.39 Å². The van der Waals surface area contributed by atoms with Gasteiger partial charge in [0.2, 0.25) is 0 Å². The quantitative estimate of drug-likeness (QED) is 0.801. The van der Waals surface area contributed by atoms with Crippen LogP contribution in [0.3, 0.4) is 0 Å². The lowest BCUT2D eigenvalue weighted by Gasteiger charge is -2.25. The number of aromatic nitrogens is 2. The predicted molar refractivity (Wildman–Crippen MR) is 79.0 cm³/mol. The normalized spacial score (nSPS) is 15.0. The Morgan fingerprint density at radius 3 is 2.81 bits per heavy atom. The Bertz CT molecular complexity index is 726. The van der Waals surface area contributed by atoms with Gasteiger partial charge in [0, 0.05) is 31.6 Å². The van der Waals surface area contributed by atoms with Gasteiger partial charge in [-0.3, -0.25) is 9.69 Å². The number of imidazole rings is 1. The summed E-state index contributed by atoms with van der Waals surface area (Å²) < 4.78 is 16.1. The highest BCUT2D eigenvalue weighted by Crippen LogP contribution is 2.29. The molecule has 0 saturated carbocycles. The molecule has 0 spiro atoms. The van der Waals surface area contributed by atoms with Gasteiger partial charge in [-0.05, 0) is 25.2 Å². The van der Waals surface area contributed by atoms with Crippen molar-refractivity contribution in [1.82, 2.24) is 14.5 Å². The highest BCUT2D eigenvalue weighted by Gasteiger charge is 2.26. The zero-order valence-electron chi connectivity index (χ0n) is 11.9. The molecule has 0 amide bonds. The zero-order chi connectivity index (χ0) is 15.1. The lowest BCUT2D eigenvalue weighted by molar-refractivity contribution is 0.101. The summed E-state index contributed by atoms with van der Waals surface area (Å²) in [6.45, 7) is 3.64. The first-order valence-corrected chi connectivity index (χ1v) is 7.09. The highest BCUT2D eigenvalue weighted by molar-refractivity contribution is 6.30. The molecule has 2 aromatic rings. The third kappa shape index (κ3) is 2.47. The van der Waals surface area contributed by atoms with Crippen LogP contribution in [-0.4, -0.2) is 33.8 Å². The van der Waals surface area contributed by atoms with Crippen molar-refractivity contribution >= 4 is 17.4 Å². The van der Waals surface area contributed by atoms with Gasteiger partial charge in [0.25, 0.3) is 0 Å². The van der Waals surface area contributed by atoms with E-state index in [-0.39, 0.29) is 5.78 Å². The molecule has 21 heavy (non-hydrogen) atoms. The molecule has 0 radical (unpaired) electrons. The molecule has 4 nitrogen and oxygen atoms in total. The molecule has 6 heteroatoms. The number of halogens is 2. The molecule has 0 unspecified atom stereocenters.